The number of ketones is 1. The Morgan fingerprint density at radius 1 is 1.33 bits per heavy atom. The van der Waals surface area contributed by atoms with E-state index in [1.54, 1.807) is 31.2 Å². The Kier molecular flexibility index (Phi) is 5.34. The quantitative estimate of drug-likeness (QED) is 0.712. The van der Waals surface area contributed by atoms with Crippen molar-refractivity contribution in [1.29, 1.82) is 0 Å². The second kappa shape index (κ2) is 6.54. The van der Waals surface area contributed by atoms with E-state index < -0.39 is 9.84 Å². The lowest BCUT2D eigenvalue weighted by Gasteiger charge is -2.04. The van der Waals surface area contributed by atoms with Gasteiger partial charge in [0.2, 0.25) is 0 Å². The molecule has 0 amide bonds. The molecule has 1 aromatic rings. The molecule has 0 N–H and O–H groups in total. The van der Waals surface area contributed by atoms with Crippen LogP contribution in [0.2, 0.25) is 0 Å². The van der Waals surface area contributed by atoms with E-state index in [0.29, 0.717) is 17.7 Å². The highest BCUT2D eigenvalue weighted by molar-refractivity contribution is 7.91. The maximum absolute atomic E-state index is 11.8. The van der Waals surface area contributed by atoms with Crippen molar-refractivity contribution in [1.82, 2.24) is 0 Å². The molecule has 18 heavy (non-hydrogen) atoms. The molecule has 4 nitrogen and oxygen atoms in total. The molecule has 0 aliphatic rings. The first-order chi connectivity index (χ1) is 8.48. The number of benzene rings is 1. The predicted molar refractivity (Wildman–Crippen MR) is 70.9 cm³/mol. The van der Waals surface area contributed by atoms with Gasteiger partial charge in [-0.15, -0.1) is 0 Å². The van der Waals surface area contributed by atoms with Crippen LogP contribution in [0.4, 0.5) is 0 Å². The van der Waals surface area contributed by atoms with Crippen LogP contribution in [-0.4, -0.2) is 32.8 Å². The monoisotopic (exact) mass is 270 g/mol. The first kappa shape index (κ1) is 14.7. The minimum absolute atomic E-state index is 0.0554. The van der Waals surface area contributed by atoms with Crippen molar-refractivity contribution in [2.75, 3.05) is 18.6 Å². The topological polar surface area (TPSA) is 60.4 Å². The summed E-state index contributed by atoms with van der Waals surface area (Å²) in [7, 11) is -1.45. The summed E-state index contributed by atoms with van der Waals surface area (Å²) in [6.07, 6.45) is 0.610. The highest BCUT2D eigenvalue weighted by Gasteiger charge is 2.11. The van der Waals surface area contributed by atoms with Gasteiger partial charge in [-0.25, -0.2) is 8.42 Å². The van der Waals surface area contributed by atoms with Crippen molar-refractivity contribution >= 4 is 15.6 Å². The lowest BCUT2D eigenvalue weighted by Crippen LogP contribution is -2.10. The average Bonchev–Trinajstić information content (AvgIpc) is 2.38. The minimum Gasteiger partial charge on any atom is -0.497 e. The van der Waals surface area contributed by atoms with Gasteiger partial charge in [0.1, 0.15) is 15.6 Å². The van der Waals surface area contributed by atoms with Crippen LogP contribution in [0.5, 0.6) is 5.75 Å². The van der Waals surface area contributed by atoms with Crippen molar-refractivity contribution in [3.05, 3.63) is 29.8 Å². The molecule has 0 aromatic heterocycles. The number of carbonyl (C=O) groups is 1. The molecular weight excluding hydrogens is 252 g/mol. The molecule has 0 saturated carbocycles. The number of rotatable bonds is 7. The highest BCUT2D eigenvalue weighted by atomic mass is 32.2. The smallest absolute Gasteiger partial charge is 0.163 e. The van der Waals surface area contributed by atoms with Gasteiger partial charge < -0.3 is 4.74 Å². The van der Waals surface area contributed by atoms with E-state index in [9.17, 15) is 13.2 Å². The summed E-state index contributed by atoms with van der Waals surface area (Å²) in [5.41, 5.74) is 0.559. The van der Waals surface area contributed by atoms with E-state index in [0.717, 1.165) is 0 Å². The molecule has 0 fully saturated rings. The SMILES string of the molecule is CCS(=O)(=O)CCCC(=O)c1cccc(OC)c1. The standard InChI is InChI=1S/C13H18O4S/c1-3-18(15,16)9-5-8-13(14)11-6-4-7-12(10-11)17-2/h4,6-7,10H,3,5,8-9H2,1-2H3. The number of sulfone groups is 1. The van der Waals surface area contributed by atoms with E-state index in [1.165, 1.54) is 7.11 Å². The fourth-order valence-corrected chi connectivity index (χ4v) is 2.41. The zero-order chi connectivity index (χ0) is 13.6. The Bertz CT molecular complexity index is 505. The molecule has 0 aliphatic carbocycles. The van der Waals surface area contributed by atoms with Crippen molar-refractivity contribution < 1.29 is 17.9 Å². The first-order valence-corrected chi connectivity index (χ1v) is 7.68. The minimum atomic E-state index is -2.99. The summed E-state index contributed by atoms with van der Waals surface area (Å²) < 4.78 is 27.6. The zero-order valence-corrected chi connectivity index (χ0v) is 11.5. The van der Waals surface area contributed by atoms with E-state index in [4.69, 9.17) is 4.74 Å². The fourth-order valence-electron chi connectivity index (χ4n) is 1.54. The van der Waals surface area contributed by atoms with Gasteiger partial charge in [0.15, 0.2) is 5.78 Å². The number of hydrogen-bond donors (Lipinski definition) is 0. The Morgan fingerprint density at radius 3 is 2.67 bits per heavy atom. The lowest BCUT2D eigenvalue weighted by molar-refractivity contribution is 0.0981. The Hall–Kier alpha value is -1.36. The van der Waals surface area contributed by atoms with Gasteiger partial charge in [-0.3, -0.25) is 4.79 Å². The summed E-state index contributed by atoms with van der Waals surface area (Å²) >= 11 is 0. The van der Waals surface area contributed by atoms with Crippen LogP contribution < -0.4 is 4.74 Å². The largest absolute Gasteiger partial charge is 0.497 e. The van der Waals surface area contributed by atoms with Crippen LogP contribution in [0, 0.1) is 0 Å². The van der Waals surface area contributed by atoms with Crippen molar-refractivity contribution in [3.63, 3.8) is 0 Å². The summed E-state index contributed by atoms with van der Waals surface area (Å²) in [5, 5.41) is 0. The van der Waals surface area contributed by atoms with Gasteiger partial charge >= 0.3 is 0 Å². The molecular formula is C13H18O4S. The number of Topliss-reactive ketones (excluding diaryl/α,β-unsaturated/α-hetero) is 1. The second-order valence-corrected chi connectivity index (χ2v) is 6.47. The van der Waals surface area contributed by atoms with Gasteiger partial charge in [0.25, 0.3) is 0 Å². The molecule has 0 atom stereocenters. The molecule has 1 rings (SSSR count). The average molecular weight is 270 g/mol. The highest BCUT2D eigenvalue weighted by Crippen LogP contribution is 2.14. The normalized spacial score (nSPS) is 11.2. The summed E-state index contributed by atoms with van der Waals surface area (Å²) in [6.45, 7) is 1.61. The van der Waals surface area contributed by atoms with Gasteiger partial charge in [-0.1, -0.05) is 19.1 Å². The molecule has 0 radical (unpaired) electrons. The van der Waals surface area contributed by atoms with E-state index in [-0.39, 0.29) is 23.7 Å². The van der Waals surface area contributed by atoms with E-state index in [2.05, 4.69) is 0 Å². The second-order valence-electron chi connectivity index (χ2n) is 4.00. The number of methoxy groups -OCH3 is 1. The van der Waals surface area contributed by atoms with Gasteiger partial charge in [-0.05, 0) is 18.6 Å². The number of hydrogen-bond acceptors (Lipinski definition) is 4. The number of ether oxygens (including phenoxy) is 1. The predicted octanol–water partition coefficient (Wildman–Crippen LogP) is 2.09. The van der Waals surface area contributed by atoms with Crippen LogP contribution in [0.3, 0.4) is 0 Å². The van der Waals surface area contributed by atoms with Gasteiger partial charge in [-0.2, -0.15) is 0 Å². The molecule has 100 valence electrons. The molecule has 0 unspecified atom stereocenters. The Balaban J connectivity index is 2.55. The van der Waals surface area contributed by atoms with Crippen molar-refractivity contribution in [2.24, 2.45) is 0 Å². The lowest BCUT2D eigenvalue weighted by atomic mass is 10.1. The molecule has 5 heteroatoms. The molecule has 0 heterocycles. The molecule has 0 bridgehead atoms. The van der Waals surface area contributed by atoms with Gasteiger partial charge in [0.05, 0.1) is 12.9 Å². The third-order valence-electron chi connectivity index (χ3n) is 2.69. The first-order valence-electron chi connectivity index (χ1n) is 5.86. The zero-order valence-electron chi connectivity index (χ0n) is 10.7. The van der Waals surface area contributed by atoms with Crippen LogP contribution >= 0.6 is 0 Å². The van der Waals surface area contributed by atoms with Crippen molar-refractivity contribution in [2.45, 2.75) is 19.8 Å². The van der Waals surface area contributed by atoms with Crippen molar-refractivity contribution in [3.8, 4) is 5.75 Å². The molecule has 0 spiro atoms. The number of carbonyl (C=O) groups excluding carboxylic acids is 1. The Labute approximate surface area is 108 Å². The summed E-state index contributed by atoms with van der Waals surface area (Å²) in [6, 6.07) is 6.88. The maximum Gasteiger partial charge on any atom is 0.163 e. The third-order valence-corrected chi connectivity index (χ3v) is 4.48. The van der Waals surface area contributed by atoms with Crippen LogP contribution in [0.15, 0.2) is 24.3 Å². The van der Waals surface area contributed by atoms with E-state index in [1.807, 2.05) is 0 Å². The third kappa shape index (κ3) is 4.49. The van der Waals surface area contributed by atoms with Crippen LogP contribution in [0.1, 0.15) is 30.1 Å². The van der Waals surface area contributed by atoms with Crippen LogP contribution in [0.25, 0.3) is 0 Å². The summed E-state index contributed by atoms with van der Waals surface area (Å²) in [5.74, 6) is 0.766. The fraction of sp³-hybridized carbons (Fsp3) is 0.462. The van der Waals surface area contributed by atoms with E-state index >= 15 is 0 Å². The maximum atomic E-state index is 11.8. The van der Waals surface area contributed by atoms with Gasteiger partial charge in [0, 0.05) is 17.7 Å². The Morgan fingerprint density at radius 2 is 2.06 bits per heavy atom. The molecule has 0 aliphatic heterocycles. The summed E-state index contributed by atoms with van der Waals surface area (Å²) in [4.78, 5) is 11.8. The molecule has 0 saturated heterocycles. The van der Waals surface area contributed by atoms with Crippen LogP contribution in [-0.2, 0) is 9.84 Å². The molecule has 1 aromatic carbocycles.